The van der Waals surface area contributed by atoms with Crippen LogP contribution in [0.1, 0.15) is 25.1 Å². The fourth-order valence-electron chi connectivity index (χ4n) is 1.84. The number of hydrogen-bond acceptors (Lipinski definition) is 4. The molecule has 92 valence electrons. The van der Waals surface area contributed by atoms with Gasteiger partial charge in [0.25, 0.3) is 0 Å². The molecule has 0 saturated carbocycles. The Bertz CT molecular complexity index is 428. The molecule has 1 aliphatic heterocycles. The van der Waals surface area contributed by atoms with Crippen LogP contribution < -0.4 is 0 Å². The third kappa shape index (κ3) is 3.33. The normalized spacial score (nSPS) is 15.8. The molecule has 2 heterocycles. The smallest absolute Gasteiger partial charge is 0.328 e. The molecule has 5 nitrogen and oxygen atoms in total. The van der Waals surface area contributed by atoms with Gasteiger partial charge >= 0.3 is 5.97 Å². The first kappa shape index (κ1) is 12.2. The maximum absolute atomic E-state index is 10.3. The second-order valence-corrected chi connectivity index (χ2v) is 4.90. The fourth-order valence-corrected chi connectivity index (χ4v) is 2.63. The topological polar surface area (TPSA) is 68.0 Å². The molecular formula is C11H15N3O2S. The maximum atomic E-state index is 10.3. The van der Waals surface area contributed by atoms with Crippen LogP contribution in [0.25, 0.3) is 0 Å². The summed E-state index contributed by atoms with van der Waals surface area (Å²) in [4.78, 5) is 10.3. The van der Waals surface area contributed by atoms with E-state index in [4.69, 9.17) is 5.11 Å². The summed E-state index contributed by atoms with van der Waals surface area (Å²) in [6.45, 7) is 0.979. The fraction of sp³-hybridized carbons (Fsp3) is 0.545. The molecule has 1 aliphatic rings. The second kappa shape index (κ2) is 5.86. The van der Waals surface area contributed by atoms with Crippen LogP contribution >= 0.6 is 11.8 Å². The summed E-state index contributed by atoms with van der Waals surface area (Å²) in [5.74, 6) is 0.766. The standard InChI is InChI=1S/C11H15N3O2S/c15-10(16)6-4-8-17-11-13-12-9-5-2-1-3-7-14(9)11/h4,6H,1-3,5,7-8H2,(H,15,16)/b6-4+. The van der Waals surface area contributed by atoms with E-state index in [-0.39, 0.29) is 0 Å². The minimum absolute atomic E-state index is 0.616. The number of carboxylic acid groups (broad SMARTS) is 1. The highest BCUT2D eigenvalue weighted by atomic mass is 32.2. The van der Waals surface area contributed by atoms with E-state index in [1.54, 1.807) is 6.08 Å². The summed E-state index contributed by atoms with van der Waals surface area (Å²) in [6.07, 6.45) is 7.38. The number of aryl methyl sites for hydroxylation is 1. The Morgan fingerprint density at radius 1 is 1.41 bits per heavy atom. The van der Waals surface area contributed by atoms with Crippen molar-refractivity contribution in [1.82, 2.24) is 14.8 Å². The Hall–Kier alpha value is -1.30. The van der Waals surface area contributed by atoms with Crippen molar-refractivity contribution in [3.63, 3.8) is 0 Å². The summed E-state index contributed by atoms with van der Waals surface area (Å²) in [5.41, 5.74) is 0. The van der Waals surface area contributed by atoms with Gasteiger partial charge in [-0.15, -0.1) is 10.2 Å². The first-order valence-corrected chi connectivity index (χ1v) is 6.70. The Labute approximate surface area is 104 Å². The zero-order chi connectivity index (χ0) is 12.1. The number of carboxylic acids is 1. The molecule has 0 aromatic carbocycles. The highest BCUT2D eigenvalue weighted by Crippen LogP contribution is 2.21. The number of hydrogen-bond donors (Lipinski definition) is 1. The lowest BCUT2D eigenvalue weighted by atomic mass is 10.2. The third-order valence-corrected chi connectivity index (χ3v) is 3.56. The molecule has 0 amide bonds. The van der Waals surface area contributed by atoms with Gasteiger partial charge in [0.15, 0.2) is 5.16 Å². The van der Waals surface area contributed by atoms with E-state index in [9.17, 15) is 4.79 Å². The number of nitrogens with zero attached hydrogens (tertiary/aromatic N) is 3. The van der Waals surface area contributed by atoms with E-state index < -0.39 is 5.97 Å². The molecule has 1 aromatic heterocycles. The van der Waals surface area contributed by atoms with Crippen LogP contribution in [0.4, 0.5) is 0 Å². The van der Waals surface area contributed by atoms with Gasteiger partial charge in [-0.1, -0.05) is 24.3 Å². The van der Waals surface area contributed by atoms with Crippen molar-refractivity contribution in [2.75, 3.05) is 5.75 Å². The van der Waals surface area contributed by atoms with E-state index in [0.717, 1.165) is 30.0 Å². The van der Waals surface area contributed by atoms with Gasteiger partial charge in [0.2, 0.25) is 0 Å². The van der Waals surface area contributed by atoms with Crippen molar-refractivity contribution in [3.8, 4) is 0 Å². The van der Waals surface area contributed by atoms with Crippen LogP contribution in [0, 0.1) is 0 Å². The largest absolute Gasteiger partial charge is 0.478 e. The van der Waals surface area contributed by atoms with E-state index in [1.165, 1.54) is 31.0 Å². The summed E-state index contributed by atoms with van der Waals surface area (Å²) in [7, 11) is 0. The number of fused-ring (bicyclic) bond motifs is 1. The van der Waals surface area contributed by atoms with Gasteiger partial charge in [0.05, 0.1) is 0 Å². The first-order chi connectivity index (χ1) is 8.27. The van der Waals surface area contributed by atoms with Gasteiger partial charge in [-0.3, -0.25) is 0 Å². The quantitative estimate of drug-likeness (QED) is 0.654. The van der Waals surface area contributed by atoms with Gasteiger partial charge in [0, 0.05) is 24.8 Å². The minimum Gasteiger partial charge on any atom is -0.478 e. The van der Waals surface area contributed by atoms with E-state index >= 15 is 0 Å². The molecular weight excluding hydrogens is 238 g/mol. The van der Waals surface area contributed by atoms with Crippen molar-refractivity contribution in [2.45, 2.75) is 37.4 Å². The average Bonchev–Trinajstić information content (AvgIpc) is 2.54. The number of aromatic nitrogens is 3. The van der Waals surface area contributed by atoms with Crippen LogP contribution in [0.5, 0.6) is 0 Å². The average molecular weight is 253 g/mol. The molecule has 1 N–H and O–H groups in total. The summed E-state index contributed by atoms with van der Waals surface area (Å²) < 4.78 is 2.16. The van der Waals surface area contributed by atoms with Gasteiger partial charge in [-0.25, -0.2) is 4.79 Å². The Balaban J connectivity index is 1.97. The Morgan fingerprint density at radius 2 is 2.29 bits per heavy atom. The van der Waals surface area contributed by atoms with Gasteiger partial charge < -0.3 is 9.67 Å². The minimum atomic E-state index is -0.911. The molecule has 0 bridgehead atoms. The first-order valence-electron chi connectivity index (χ1n) is 5.71. The van der Waals surface area contributed by atoms with Crippen molar-refractivity contribution in [2.24, 2.45) is 0 Å². The zero-order valence-electron chi connectivity index (χ0n) is 9.50. The predicted molar refractivity (Wildman–Crippen MR) is 65.1 cm³/mol. The Morgan fingerprint density at radius 3 is 3.12 bits per heavy atom. The van der Waals surface area contributed by atoms with Gasteiger partial charge in [0.1, 0.15) is 5.82 Å². The lowest BCUT2D eigenvalue weighted by molar-refractivity contribution is -0.131. The molecule has 17 heavy (non-hydrogen) atoms. The SMILES string of the molecule is O=C(O)/C=C/CSc1nnc2n1CCCCC2. The number of aliphatic carboxylic acids is 1. The maximum Gasteiger partial charge on any atom is 0.328 e. The molecule has 1 aromatic rings. The van der Waals surface area contributed by atoms with E-state index in [1.807, 2.05) is 0 Å². The van der Waals surface area contributed by atoms with Crippen LogP contribution in [0.3, 0.4) is 0 Å². The van der Waals surface area contributed by atoms with Crippen LogP contribution in [-0.2, 0) is 17.8 Å². The highest BCUT2D eigenvalue weighted by molar-refractivity contribution is 7.99. The van der Waals surface area contributed by atoms with E-state index in [0.29, 0.717) is 5.75 Å². The zero-order valence-corrected chi connectivity index (χ0v) is 10.3. The van der Waals surface area contributed by atoms with Crippen LogP contribution in [-0.4, -0.2) is 31.6 Å². The molecule has 0 radical (unpaired) electrons. The number of carbonyl (C=O) groups is 1. The van der Waals surface area contributed by atoms with Crippen molar-refractivity contribution >= 4 is 17.7 Å². The molecule has 0 fully saturated rings. The lowest BCUT2D eigenvalue weighted by Gasteiger charge is -2.04. The molecule has 6 heteroatoms. The molecule has 0 unspecified atom stereocenters. The predicted octanol–water partition coefficient (Wildman–Crippen LogP) is 1.74. The summed E-state index contributed by atoms with van der Waals surface area (Å²) in [6, 6.07) is 0. The van der Waals surface area contributed by atoms with Gasteiger partial charge in [-0.2, -0.15) is 0 Å². The van der Waals surface area contributed by atoms with Crippen LogP contribution in [0.15, 0.2) is 17.3 Å². The van der Waals surface area contributed by atoms with Crippen molar-refractivity contribution < 1.29 is 9.90 Å². The number of rotatable bonds is 4. The lowest BCUT2D eigenvalue weighted by Crippen LogP contribution is -2.02. The second-order valence-electron chi connectivity index (χ2n) is 3.91. The third-order valence-electron chi connectivity index (χ3n) is 2.64. The van der Waals surface area contributed by atoms with Crippen molar-refractivity contribution in [1.29, 1.82) is 0 Å². The molecule has 0 saturated heterocycles. The van der Waals surface area contributed by atoms with Crippen LogP contribution in [0.2, 0.25) is 0 Å². The summed E-state index contributed by atoms with van der Waals surface area (Å²) >= 11 is 1.53. The molecule has 0 atom stereocenters. The molecule has 2 rings (SSSR count). The van der Waals surface area contributed by atoms with Crippen molar-refractivity contribution in [3.05, 3.63) is 18.0 Å². The highest BCUT2D eigenvalue weighted by Gasteiger charge is 2.14. The van der Waals surface area contributed by atoms with Gasteiger partial charge in [-0.05, 0) is 12.8 Å². The summed E-state index contributed by atoms with van der Waals surface area (Å²) in [5, 5.41) is 17.7. The monoisotopic (exact) mass is 253 g/mol. The Kier molecular flexibility index (Phi) is 4.19. The van der Waals surface area contributed by atoms with E-state index in [2.05, 4.69) is 14.8 Å². The number of thioether (sulfide) groups is 1. The molecule has 0 spiro atoms. The molecule has 0 aliphatic carbocycles.